The molecule has 1 aromatic carbocycles. The Labute approximate surface area is 172 Å². The van der Waals surface area contributed by atoms with Crippen molar-refractivity contribution in [3.8, 4) is 11.1 Å². The number of benzene rings is 1. The Balaban J connectivity index is 1.51. The van der Waals surface area contributed by atoms with Crippen LogP contribution in [0.5, 0.6) is 0 Å². The largest absolute Gasteiger partial charge is 0.353 e. The second kappa shape index (κ2) is 8.05. The number of aryl methyl sites for hydroxylation is 3. The zero-order valence-electron chi connectivity index (χ0n) is 16.4. The van der Waals surface area contributed by atoms with Crippen molar-refractivity contribution < 1.29 is 4.79 Å². The van der Waals surface area contributed by atoms with Gasteiger partial charge in [0.25, 0.3) is 5.56 Å². The fourth-order valence-corrected chi connectivity index (χ4v) is 4.16. The molecule has 0 saturated heterocycles. The predicted molar refractivity (Wildman–Crippen MR) is 116 cm³/mol. The molecule has 0 saturated carbocycles. The van der Waals surface area contributed by atoms with E-state index in [4.69, 9.17) is 0 Å². The van der Waals surface area contributed by atoms with Gasteiger partial charge in [-0.3, -0.25) is 14.2 Å². The average Bonchev–Trinajstić information content (AvgIpc) is 3.33. The van der Waals surface area contributed by atoms with E-state index in [1.165, 1.54) is 27.8 Å². The summed E-state index contributed by atoms with van der Waals surface area (Å²) in [6, 6.07) is 12.0. The summed E-state index contributed by atoms with van der Waals surface area (Å²) < 4.78 is 3.49. The lowest BCUT2D eigenvalue weighted by molar-refractivity contribution is -0.121. The number of carbonyl (C=O) groups is 1. The minimum absolute atomic E-state index is 0.0951. The number of thiophene rings is 1. The van der Waals surface area contributed by atoms with Crippen LogP contribution in [0.4, 0.5) is 0 Å². The summed E-state index contributed by atoms with van der Waals surface area (Å²) in [4.78, 5) is 30.4. The lowest BCUT2D eigenvalue weighted by Gasteiger charge is -2.08. The van der Waals surface area contributed by atoms with Gasteiger partial charge in [0.1, 0.15) is 4.83 Å². The molecule has 3 aromatic heterocycles. The Kier molecular flexibility index (Phi) is 5.31. The van der Waals surface area contributed by atoms with E-state index < -0.39 is 0 Å². The van der Waals surface area contributed by atoms with E-state index in [9.17, 15) is 9.59 Å². The molecular formula is C22H22N4O2S. The van der Waals surface area contributed by atoms with E-state index in [-0.39, 0.29) is 17.9 Å². The van der Waals surface area contributed by atoms with Gasteiger partial charge in [-0.15, -0.1) is 11.3 Å². The number of aromatic nitrogens is 3. The minimum Gasteiger partial charge on any atom is -0.353 e. The van der Waals surface area contributed by atoms with Gasteiger partial charge in [-0.05, 0) is 24.6 Å². The van der Waals surface area contributed by atoms with Crippen molar-refractivity contribution in [3.63, 3.8) is 0 Å². The number of fused-ring (bicyclic) bond motifs is 1. The highest BCUT2D eigenvalue weighted by Gasteiger charge is 2.14. The zero-order valence-corrected chi connectivity index (χ0v) is 17.2. The van der Waals surface area contributed by atoms with Crippen molar-refractivity contribution in [3.05, 3.63) is 75.9 Å². The zero-order chi connectivity index (χ0) is 20.4. The number of nitrogens with zero attached hydrogens (tertiary/aromatic N) is 3. The van der Waals surface area contributed by atoms with Gasteiger partial charge < -0.3 is 9.88 Å². The summed E-state index contributed by atoms with van der Waals surface area (Å²) in [7, 11) is 1.94. The van der Waals surface area contributed by atoms with Crippen LogP contribution in [0.25, 0.3) is 21.3 Å². The quantitative estimate of drug-likeness (QED) is 0.533. The molecule has 0 bridgehead atoms. The lowest BCUT2D eigenvalue weighted by atomic mass is 10.1. The first-order chi connectivity index (χ1) is 14.0. The predicted octanol–water partition coefficient (Wildman–Crippen LogP) is 3.48. The molecule has 3 heterocycles. The van der Waals surface area contributed by atoms with Gasteiger partial charge in [-0.25, -0.2) is 4.98 Å². The third kappa shape index (κ3) is 4.00. The summed E-state index contributed by atoms with van der Waals surface area (Å²) in [5, 5.41) is 5.49. The summed E-state index contributed by atoms with van der Waals surface area (Å²) in [6.07, 6.45) is 3.69. The molecule has 0 atom stereocenters. The van der Waals surface area contributed by atoms with Gasteiger partial charge in [0, 0.05) is 42.8 Å². The van der Waals surface area contributed by atoms with E-state index in [2.05, 4.69) is 10.3 Å². The van der Waals surface area contributed by atoms with E-state index in [0.29, 0.717) is 18.5 Å². The van der Waals surface area contributed by atoms with E-state index in [1.54, 1.807) is 0 Å². The third-order valence-electron chi connectivity index (χ3n) is 5.02. The molecule has 0 aliphatic rings. The fraction of sp³-hybridized carbons (Fsp3) is 0.227. The molecule has 148 valence electrons. The van der Waals surface area contributed by atoms with Crippen LogP contribution < -0.4 is 10.9 Å². The molecule has 0 fully saturated rings. The fourth-order valence-electron chi connectivity index (χ4n) is 3.25. The Morgan fingerprint density at radius 2 is 2.00 bits per heavy atom. The summed E-state index contributed by atoms with van der Waals surface area (Å²) >= 11 is 1.46. The van der Waals surface area contributed by atoms with Crippen LogP contribution in [0.15, 0.2) is 59.1 Å². The monoisotopic (exact) mass is 406 g/mol. The number of hydrogen-bond acceptors (Lipinski definition) is 4. The molecule has 0 aliphatic carbocycles. The van der Waals surface area contributed by atoms with Crippen molar-refractivity contribution in [1.29, 1.82) is 0 Å². The molecule has 1 amide bonds. The lowest BCUT2D eigenvalue weighted by Crippen LogP contribution is -2.27. The van der Waals surface area contributed by atoms with E-state index >= 15 is 0 Å². The Morgan fingerprint density at radius 1 is 1.21 bits per heavy atom. The van der Waals surface area contributed by atoms with Crippen LogP contribution in [0.2, 0.25) is 0 Å². The maximum atomic E-state index is 13.0. The second-order valence-corrected chi connectivity index (χ2v) is 7.93. The van der Waals surface area contributed by atoms with Crippen LogP contribution in [0.1, 0.15) is 17.7 Å². The van der Waals surface area contributed by atoms with E-state index in [1.807, 2.05) is 66.5 Å². The Hall–Kier alpha value is -3.19. The molecule has 29 heavy (non-hydrogen) atoms. The van der Waals surface area contributed by atoms with Crippen LogP contribution in [0, 0.1) is 6.92 Å². The highest BCUT2D eigenvalue weighted by molar-refractivity contribution is 7.17. The van der Waals surface area contributed by atoms with Gasteiger partial charge in [0.05, 0.1) is 18.3 Å². The van der Waals surface area contributed by atoms with Crippen LogP contribution in [-0.4, -0.2) is 20.0 Å². The summed E-state index contributed by atoms with van der Waals surface area (Å²) in [5.41, 5.74) is 3.98. The SMILES string of the molecule is Cc1ccc(-c2csc3ncn(CCC(=O)NCc4cccn4C)c(=O)c23)cc1. The third-order valence-corrected chi connectivity index (χ3v) is 5.91. The first-order valence-electron chi connectivity index (χ1n) is 9.43. The van der Waals surface area contributed by atoms with Gasteiger partial charge in [0.15, 0.2) is 0 Å². The van der Waals surface area contributed by atoms with Crippen molar-refractivity contribution in [2.24, 2.45) is 7.05 Å². The molecule has 6 nitrogen and oxygen atoms in total. The first kappa shape index (κ1) is 19.1. The summed E-state index contributed by atoms with van der Waals surface area (Å²) in [6.45, 7) is 2.80. The van der Waals surface area contributed by atoms with Crippen molar-refractivity contribution in [2.75, 3.05) is 0 Å². The highest BCUT2D eigenvalue weighted by atomic mass is 32.1. The van der Waals surface area contributed by atoms with Gasteiger partial charge in [-0.1, -0.05) is 29.8 Å². The molecule has 1 N–H and O–H groups in total. The van der Waals surface area contributed by atoms with Crippen molar-refractivity contribution in [2.45, 2.75) is 26.4 Å². The smallest absolute Gasteiger partial charge is 0.262 e. The van der Waals surface area contributed by atoms with Crippen molar-refractivity contribution in [1.82, 2.24) is 19.4 Å². The van der Waals surface area contributed by atoms with Gasteiger partial charge in [-0.2, -0.15) is 0 Å². The summed E-state index contributed by atoms with van der Waals surface area (Å²) in [5.74, 6) is -0.0951. The molecule has 4 rings (SSSR count). The van der Waals surface area contributed by atoms with Crippen molar-refractivity contribution >= 4 is 27.5 Å². The maximum absolute atomic E-state index is 13.0. The molecule has 4 aromatic rings. The average molecular weight is 407 g/mol. The highest BCUT2D eigenvalue weighted by Crippen LogP contribution is 2.30. The normalized spacial score (nSPS) is 11.1. The standard InChI is InChI=1S/C22H22N4O2S/c1-15-5-7-16(8-6-15)18-13-29-21-20(18)22(28)26(14-24-21)11-9-19(27)23-12-17-4-3-10-25(17)2/h3-8,10,13-14H,9,11-12H2,1-2H3,(H,23,27). The van der Waals surface area contributed by atoms with Crippen LogP contribution in [0.3, 0.4) is 0 Å². The number of carbonyl (C=O) groups excluding carboxylic acids is 1. The number of rotatable bonds is 6. The molecule has 0 unspecified atom stereocenters. The Morgan fingerprint density at radius 3 is 2.72 bits per heavy atom. The number of nitrogens with one attached hydrogen (secondary N) is 1. The minimum atomic E-state index is -0.109. The van der Waals surface area contributed by atoms with Crippen LogP contribution in [-0.2, 0) is 24.9 Å². The first-order valence-corrected chi connectivity index (χ1v) is 10.3. The van der Waals surface area contributed by atoms with Crippen LogP contribution >= 0.6 is 11.3 Å². The number of amides is 1. The molecule has 7 heteroatoms. The molecule has 0 aliphatic heterocycles. The molecular weight excluding hydrogens is 384 g/mol. The Bertz CT molecular complexity index is 1220. The number of hydrogen-bond donors (Lipinski definition) is 1. The topological polar surface area (TPSA) is 68.9 Å². The van der Waals surface area contributed by atoms with E-state index in [0.717, 1.165) is 21.7 Å². The second-order valence-electron chi connectivity index (χ2n) is 7.08. The molecule has 0 radical (unpaired) electrons. The maximum Gasteiger partial charge on any atom is 0.262 e. The van der Waals surface area contributed by atoms with Gasteiger partial charge in [0.2, 0.25) is 5.91 Å². The van der Waals surface area contributed by atoms with Gasteiger partial charge >= 0.3 is 0 Å². The molecule has 0 spiro atoms.